The van der Waals surface area contributed by atoms with Gasteiger partial charge in [-0.15, -0.1) is 0 Å². The van der Waals surface area contributed by atoms with Gasteiger partial charge in [-0.1, -0.05) is 0 Å². The lowest BCUT2D eigenvalue weighted by Gasteiger charge is -2.32. The SMILES string of the molecule is COC(=O)N1CCC(CN2Cc3nc(-c4n[nH]c5ccc(OCCc6cc(F)cc(F)c6)cc45)[nH]c3C2)CC1. The molecule has 0 aliphatic carbocycles. The number of H-pyrrole nitrogens is 2. The molecule has 0 atom stereocenters. The van der Waals surface area contributed by atoms with E-state index in [-0.39, 0.29) is 12.7 Å². The van der Waals surface area contributed by atoms with Gasteiger partial charge in [-0.3, -0.25) is 10.00 Å². The van der Waals surface area contributed by atoms with E-state index in [2.05, 4.69) is 20.1 Å². The summed E-state index contributed by atoms with van der Waals surface area (Å²) in [6.07, 6.45) is 2.09. The number of hydrogen-bond acceptors (Lipinski definition) is 6. The van der Waals surface area contributed by atoms with Gasteiger partial charge >= 0.3 is 6.09 Å². The average molecular weight is 537 g/mol. The van der Waals surface area contributed by atoms with E-state index in [9.17, 15) is 13.6 Å². The van der Waals surface area contributed by atoms with Crippen LogP contribution >= 0.6 is 0 Å². The van der Waals surface area contributed by atoms with E-state index in [1.165, 1.54) is 19.2 Å². The van der Waals surface area contributed by atoms with Gasteiger partial charge in [-0.25, -0.2) is 18.6 Å². The lowest BCUT2D eigenvalue weighted by Crippen LogP contribution is -2.40. The van der Waals surface area contributed by atoms with Crippen LogP contribution in [0.3, 0.4) is 0 Å². The number of halogens is 2. The quantitative estimate of drug-likeness (QED) is 0.357. The largest absolute Gasteiger partial charge is 0.493 e. The molecule has 2 aliphatic rings. The van der Waals surface area contributed by atoms with Crippen LogP contribution in [0.4, 0.5) is 13.6 Å². The number of imidazole rings is 1. The Hall–Kier alpha value is -3.99. The van der Waals surface area contributed by atoms with Crippen molar-refractivity contribution < 1.29 is 23.0 Å². The fourth-order valence-electron chi connectivity index (χ4n) is 5.54. The second-order valence-electron chi connectivity index (χ2n) is 10.2. The van der Waals surface area contributed by atoms with Crippen LogP contribution in [0.1, 0.15) is 29.8 Å². The van der Waals surface area contributed by atoms with Crippen molar-refractivity contribution in [3.63, 3.8) is 0 Å². The van der Waals surface area contributed by atoms with Crippen LogP contribution in [0.5, 0.6) is 5.75 Å². The number of amides is 1. The maximum Gasteiger partial charge on any atom is 0.409 e. The molecular formula is C28H30F2N6O3. The van der Waals surface area contributed by atoms with Crippen LogP contribution in [0.15, 0.2) is 36.4 Å². The van der Waals surface area contributed by atoms with E-state index in [1.54, 1.807) is 4.90 Å². The Kier molecular flexibility index (Phi) is 6.90. The first-order valence-corrected chi connectivity index (χ1v) is 13.1. The Balaban J connectivity index is 1.07. The zero-order valence-electron chi connectivity index (χ0n) is 21.7. The molecule has 1 saturated heterocycles. The number of fused-ring (bicyclic) bond motifs is 2. The maximum atomic E-state index is 13.4. The van der Waals surface area contributed by atoms with Crippen LogP contribution in [-0.4, -0.2) is 69.4 Å². The van der Waals surface area contributed by atoms with E-state index < -0.39 is 11.6 Å². The molecule has 0 unspecified atom stereocenters. The van der Waals surface area contributed by atoms with Crippen molar-refractivity contribution in [3.8, 4) is 17.3 Å². The molecule has 2 aromatic carbocycles. The number of benzene rings is 2. The van der Waals surface area contributed by atoms with Crippen molar-refractivity contribution in [2.24, 2.45) is 5.92 Å². The molecule has 0 bridgehead atoms. The second kappa shape index (κ2) is 10.6. The molecule has 6 rings (SSSR count). The number of methoxy groups -OCH3 is 1. The van der Waals surface area contributed by atoms with E-state index in [0.29, 0.717) is 29.5 Å². The lowest BCUT2D eigenvalue weighted by molar-refractivity contribution is 0.0975. The zero-order valence-corrected chi connectivity index (χ0v) is 21.7. The van der Waals surface area contributed by atoms with Gasteiger partial charge in [0.05, 0.1) is 30.6 Å². The van der Waals surface area contributed by atoms with Gasteiger partial charge in [0.2, 0.25) is 0 Å². The normalized spacial score (nSPS) is 16.1. The van der Waals surface area contributed by atoms with Crippen LogP contribution < -0.4 is 4.74 Å². The Bertz CT molecular complexity index is 1450. The van der Waals surface area contributed by atoms with Gasteiger partial charge in [-0.05, 0) is 54.7 Å². The number of rotatable bonds is 7. The van der Waals surface area contributed by atoms with Crippen molar-refractivity contribution in [1.29, 1.82) is 0 Å². The summed E-state index contributed by atoms with van der Waals surface area (Å²) in [5.74, 6) is 0.714. The molecule has 1 amide bonds. The number of aromatic nitrogens is 4. The molecule has 9 nitrogen and oxygen atoms in total. The van der Waals surface area contributed by atoms with Gasteiger partial charge in [-0.2, -0.15) is 5.10 Å². The highest BCUT2D eigenvalue weighted by Gasteiger charge is 2.29. The summed E-state index contributed by atoms with van der Waals surface area (Å²) in [4.78, 5) is 24.2. The first-order valence-electron chi connectivity index (χ1n) is 13.1. The standard InChI is InChI=1S/C28H30F2N6O3/c1-38-28(37)36-7-4-17(5-8-36)14-35-15-24-25(16-35)32-27(31-24)26-22-13-21(2-3-23(22)33-34-26)39-9-6-18-10-19(29)12-20(30)11-18/h2-3,10-13,17H,4-9,14-16H2,1H3,(H,31,32)(H,33,34). The number of carbonyl (C=O) groups excluding carboxylic acids is 1. The Morgan fingerprint density at radius 2 is 1.90 bits per heavy atom. The molecule has 2 N–H and O–H groups in total. The van der Waals surface area contributed by atoms with Gasteiger partial charge in [0.25, 0.3) is 0 Å². The zero-order chi connectivity index (χ0) is 26.9. The summed E-state index contributed by atoms with van der Waals surface area (Å²) < 4.78 is 37.6. The highest BCUT2D eigenvalue weighted by molar-refractivity contribution is 5.92. The summed E-state index contributed by atoms with van der Waals surface area (Å²) in [5.41, 5.74) is 4.26. The smallest absolute Gasteiger partial charge is 0.409 e. The summed E-state index contributed by atoms with van der Waals surface area (Å²) >= 11 is 0. The number of carbonyl (C=O) groups is 1. The number of hydrogen-bond donors (Lipinski definition) is 2. The lowest BCUT2D eigenvalue weighted by atomic mass is 9.96. The Morgan fingerprint density at radius 3 is 2.64 bits per heavy atom. The third kappa shape index (κ3) is 5.44. The molecule has 2 aromatic heterocycles. The average Bonchev–Trinajstić information content (AvgIpc) is 3.61. The molecule has 11 heteroatoms. The van der Waals surface area contributed by atoms with Crippen molar-refractivity contribution in [1.82, 2.24) is 30.0 Å². The monoisotopic (exact) mass is 536 g/mol. The van der Waals surface area contributed by atoms with Gasteiger partial charge in [0.15, 0.2) is 5.82 Å². The summed E-state index contributed by atoms with van der Waals surface area (Å²) in [7, 11) is 1.42. The predicted octanol–water partition coefficient (Wildman–Crippen LogP) is 4.65. The third-order valence-electron chi connectivity index (χ3n) is 7.52. The van der Waals surface area contributed by atoms with E-state index in [0.717, 1.165) is 79.6 Å². The summed E-state index contributed by atoms with van der Waals surface area (Å²) in [5, 5.41) is 8.43. The van der Waals surface area contributed by atoms with Gasteiger partial charge in [0.1, 0.15) is 23.1 Å². The summed E-state index contributed by atoms with van der Waals surface area (Å²) in [6, 6.07) is 9.13. The number of likely N-dealkylation sites (tertiary alicyclic amines) is 1. The number of piperidine rings is 1. The van der Waals surface area contributed by atoms with Crippen molar-refractivity contribution >= 4 is 17.0 Å². The van der Waals surface area contributed by atoms with E-state index in [4.69, 9.17) is 14.5 Å². The van der Waals surface area contributed by atoms with Gasteiger partial charge in [0, 0.05) is 50.6 Å². The molecule has 0 spiro atoms. The Morgan fingerprint density at radius 1 is 1.10 bits per heavy atom. The molecule has 0 radical (unpaired) electrons. The highest BCUT2D eigenvalue weighted by atomic mass is 19.1. The van der Waals surface area contributed by atoms with Crippen LogP contribution in [0.2, 0.25) is 0 Å². The van der Waals surface area contributed by atoms with Crippen LogP contribution in [-0.2, 0) is 24.2 Å². The molecule has 2 aliphatic heterocycles. The van der Waals surface area contributed by atoms with Gasteiger partial charge < -0.3 is 19.4 Å². The number of nitrogens with zero attached hydrogens (tertiary/aromatic N) is 4. The first-order chi connectivity index (χ1) is 18.9. The fraction of sp³-hybridized carbons (Fsp3) is 0.393. The van der Waals surface area contributed by atoms with Crippen molar-refractivity contribution in [2.75, 3.05) is 33.4 Å². The fourth-order valence-corrected chi connectivity index (χ4v) is 5.54. The topological polar surface area (TPSA) is 99.4 Å². The molecule has 4 aromatic rings. The van der Waals surface area contributed by atoms with Crippen molar-refractivity contribution in [3.05, 3.63) is 65.0 Å². The van der Waals surface area contributed by atoms with E-state index >= 15 is 0 Å². The van der Waals surface area contributed by atoms with E-state index in [1.807, 2.05) is 18.2 Å². The minimum Gasteiger partial charge on any atom is -0.493 e. The highest BCUT2D eigenvalue weighted by Crippen LogP contribution is 2.31. The molecule has 0 saturated carbocycles. The molecular weight excluding hydrogens is 506 g/mol. The minimum atomic E-state index is -0.594. The number of aromatic amines is 2. The number of nitrogens with one attached hydrogen (secondary N) is 2. The molecule has 1 fully saturated rings. The van der Waals surface area contributed by atoms with Crippen molar-refractivity contribution in [2.45, 2.75) is 32.4 Å². The molecule has 4 heterocycles. The number of ether oxygens (including phenoxy) is 2. The predicted molar refractivity (Wildman–Crippen MR) is 140 cm³/mol. The minimum absolute atomic E-state index is 0.244. The second-order valence-corrected chi connectivity index (χ2v) is 10.2. The molecule has 39 heavy (non-hydrogen) atoms. The maximum absolute atomic E-state index is 13.4. The van der Waals surface area contributed by atoms with Crippen LogP contribution in [0.25, 0.3) is 22.4 Å². The third-order valence-corrected chi connectivity index (χ3v) is 7.52. The van der Waals surface area contributed by atoms with Crippen LogP contribution in [0, 0.1) is 17.6 Å². The Labute approximate surface area is 224 Å². The molecule has 204 valence electrons. The summed E-state index contributed by atoms with van der Waals surface area (Å²) in [6.45, 7) is 4.31. The first kappa shape index (κ1) is 25.3.